The smallest absolute Gasteiger partial charge is 0.337 e. The highest BCUT2D eigenvalue weighted by Gasteiger charge is 2.20. The molecule has 6 nitrogen and oxygen atoms in total. The van der Waals surface area contributed by atoms with Crippen molar-refractivity contribution in [1.82, 2.24) is 5.32 Å². The van der Waals surface area contributed by atoms with E-state index in [1.807, 2.05) is 54.6 Å². The zero-order valence-corrected chi connectivity index (χ0v) is 20.9. The van der Waals surface area contributed by atoms with Crippen LogP contribution in [-0.2, 0) is 11.2 Å². The van der Waals surface area contributed by atoms with E-state index in [1.54, 1.807) is 6.07 Å². The lowest BCUT2D eigenvalue weighted by Crippen LogP contribution is -2.39. The SMILES string of the molecule is COC(=O)c1ccc2cc(-c3ccc4c(c3)CC[C@H](CNC[C@H](O)COc3ccccc3)O4)ccc2c1. The maximum absolute atomic E-state index is 11.8. The van der Waals surface area contributed by atoms with Crippen molar-refractivity contribution in [3.63, 3.8) is 0 Å². The third-order valence-electron chi connectivity index (χ3n) is 6.62. The van der Waals surface area contributed by atoms with Crippen molar-refractivity contribution in [3.8, 4) is 22.6 Å². The van der Waals surface area contributed by atoms with E-state index in [-0.39, 0.29) is 18.7 Å². The first-order chi connectivity index (χ1) is 18.1. The van der Waals surface area contributed by atoms with Crippen LogP contribution < -0.4 is 14.8 Å². The Morgan fingerprint density at radius 1 is 1.00 bits per heavy atom. The molecule has 0 fully saturated rings. The van der Waals surface area contributed by atoms with Gasteiger partial charge in [-0.05, 0) is 82.8 Å². The van der Waals surface area contributed by atoms with Gasteiger partial charge in [-0.1, -0.05) is 42.5 Å². The molecule has 0 saturated heterocycles. The van der Waals surface area contributed by atoms with Crippen LogP contribution in [0.4, 0.5) is 0 Å². The van der Waals surface area contributed by atoms with Crippen LogP contribution >= 0.6 is 0 Å². The summed E-state index contributed by atoms with van der Waals surface area (Å²) in [4.78, 5) is 11.8. The number of methoxy groups -OCH3 is 1. The van der Waals surface area contributed by atoms with Crippen LogP contribution in [0.3, 0.4) is 0 Å². The predicted octanol–water partition coefficient (Wildman–Crippen LogP) is 5.02. The topological polar surface area (TPSA) is 77.0 Å². The monoisotopic (exact) mass is 497 g/mol. The highest BCUT2D eigenvalue weighted by atomic mass is 16.5. The summed E-state index contributed by atoms with van der Waals surface area (Å²) in [5.41, 5.74) is 4.01. The van der Waals surface area contributed by atoms with Gasteiger partial charge in [-0.2, -0.15) is 0 Å². The number of nitrogens with one attached hydrogen (secondary N) is 1. The maximum Gasteiger partial charge on any atom is 0.337 e. The molecule has 4 aromatic rings. The van der Waals surface area contributed by atoms with Crippen LogP contribution in [0, 0.1) is 0 Å². The van der Waals surface area contributed by atoms with Gasteiger partial charge in [0.1, 0.15) is 30.3 Å². The number of hydrogen-bond acceptors (Lipinski definition) is 6. The molecule has 0 aliphatic carbocycles. The molecule has 1 heterocycles. The summed E-state index contributed by atoms with van der Waals surface area (Å²) in [6, 6.07) is 27.7. The van der Waals surface area contributed by atoms with E-state index in [2.05, 4.69) is 29.6 Å². The Balaban J connectivity index is 1.16. The van der Waals surface area contributed by atoms with Gasteiger partial charge >= 0.3 is 5.97 Å². The number of para-hydroxylation sites is 1. The van der Waals surface area contributed by atoms with Crippen molar-refractivity contribution < 1.29 is 24.1 Å². The minimum Gasteiger partial charge on any atom is -0.491 e. The number of carbonyl (C=O) groups excluding carboxylic acids is 1. The first kappa shape index (κ1) is 24.8. The van der Waals surface area contributed by atoms with Gasteiger partial charge in [-0.15, -0.1) is 0 Å². The van der Waals surface area contributed by atoms with E-state index >= 15 is 0 Å². The van der Waals surface area contributed by atoms with E-state index in [1.165, 1.54) is 12.7 Å². The molecule has 190 valence electrons. The quantitative estimate of drug-likeness (QED) is 0.317. The third kappa shape index (κ3) is 6.10. The summed E-state index contributed by atoms with van der Waals surface area (Å²) >= 11 is 0. The molecule has 37 heavy (non-hydrogen) atoms. The molecule has 2 N–H and O–H groups in total. The first-order valence-corrected chi connectivity index (χ1v) is 12.6. The molecule has 0 radical (unpaired) electrons. The van der Waals surface area contributed by atoms with Gasteiger partial charge in [-0.3, -0.25) is 0 Å². The minimum atomic E-state index is -0.590. The van der Waals surface area contributed by atoms with Crippen molar-refractivity contribution in [2.24, 2.45) is 0 Å². The molecule has 0 amide bonds. The Morgan fingerprint density at radius 2 is 1.76 bits per heavy atom. The number of aryl methyl sites for hydroxylation is 1. The van der Waals surface area contributed by atoms with Crippen molar-refractivity contribution in [3.05, 3.63) is 96.1 Å². The summed E-state index contributed by atoms with van der Waals surface area (Å²) in [5, 5.41) is 15.6. The van der Waals surface area contributed by atoms with Crippen molar-refractivity contribution in [2.75, 3.05) is 26.8 Å². The third-order valence-corrected chi connectivity index (χ3v) is 6.62. The van der Waals surface area contributed by atoms with Gasteiger partial charge in [-0.25, -0.2) is 4.79 Å². The van der Waals surface area contributed by atoms with Crippen molar-refractivity contribution >= 4 is 16.7 Å². The fourth-order valence-corrected chi connectivity index (χ4v) is 4.62. The number of hydrogen-bond donors (Lipinski definition) is 2. The Morgan fingerprint density at radius 3 is 2.59 bits per heavy atom. The highest BCUT2D eigenvalue weighted by molar-refractivity contribution is 5.96. The number of esters is 1. The predicted molar refractivity (Wildman–Crippen MR) is 144 cm³/mol. The van der Waals surface area contributed by atoms with E-state index in [0.717, 1.165) is 46.2 Å². The van der Waals surface area contributed by atoms with Gasteiger partial charge in [0.25, 0.3) is 0 Å². The molecule has 0 unspecified atom stereocenters. The lowest BCUT2D eigenvalue weighted by Gasteiger charge is -2.27. The van der Waals surface area contributed by atoms with E-state index in [9.17, 15) is 9.90 Å². The molecule has 0 spiro atoms. The number of fused-ring (bicyclic) bond motifs is 2. The van der Waals surface area contributed by atoms with Crippen LogP contribution in [0.1, 0.15) is 22.3 Å². The van der Waals surface area contributed by atoms with Gasteiger partial charge in [0.05, 0.1) is 12.7 Å². The number of benzene rings is 4. The Hall–Kier alpha value is -3.87. The zero-order chi connectivity index (χ0) is 25.6. The number of ether oxygens (including phenoxy) is 3. The second-order valence-corrected chi connectivity index (χ2v) is 9.31. The molecule has 0 aromatic heterocycles. The molecular formula is C31H31NO5. The van der Waals surface area contributed by atoms with Crippen LogP contribution in [0.25, 0.3) is 21.9 Å². The second kappa shape index (κ2) is 11.5. The van der Waals surface area contributed by atoms with Gasteiger partial charge in [0.15, 0.2) is 0 Å². The Labute approximate surface area is 216 Å². The summed E-state index contributed by atoms with van der Waals surface area (Å²) in [6.45, 7) is 1.36. The maximum atomic E-state index is 11.8. The van der Waals surface area contributed by atoms with E-state index < -0.39 is 6.10 Å². The average molecular weight is 498 g/mol. The largest absolute Gasteiger partial charge is 0.491 e. The number of aliphatic hydroxyl groups excluding tert-OH is 1. The number of carbonyl (C=O) groups is 1. The van der Waals surface area contributed by atoms with Crippen LogP contribution in [-0.4, -0.2) is 50.1 Å². The summed E-state index contributed by atoms with van der Waals surface area (Å²) in [6.07, 6.45) is 1.32. The Bertz CT molecular complexity index is 1370. The minimum absolute atomic E-state index is 0.0604. The molecule has 0 bridgehead atoms. The molecule has 1 aliphatic rings. The molecule has 6 heteroatoms. The summed E-state index contributed by atoms with van der Waals surface area (Å²) in [5.74, 6) is 1.34. The lowest BCUT2D eigenvalue weighted by molar-refractivity contribution is 0.0601. The van der Waals surface area contributed by atoms with Crippen LogP contribution in [0.5, 0.6) is 11.5 Å². The molecular weight excluding hydrogens is 466 g/mol. The van der Waals surface area contributed by atoms with Gasteiger partial charge in [0.2, 0.25) is 0 Å². The zero-order valence-electron chi connectivity index (χ0n) is 20.9. The summed E-state index contributed by atoms with van der Waals surface area (Å²) < 4.78 is 16.7. The van der Waals surface area contributed by atoms with Gasteiger partial charge < -0.3 is 24.6 Å². The first-order valence-electron chi connectivity index (χ1n) is 12.6. The Kier molecular flexibility index (Phi) is 7.68. The van der Waals surface area contributed by atoms with Crippen molar-refractivity contribution in [2.45, 2.75) is 25.0 Å². The fourth-order valence-electron chi connectivity index (χ4n) is 4.62. The van der Waals surface area contributed by atoms with Crippen LogP contribution in [0.15, 0.2) is 84.9 Å². The highest BCUT2D eigenvalue weighted by Crippen LogP contribution is 2.33. The molecule has 5 rings (SSSR count). The summed E-state index contributed by atoms with van der Waals surface area (Å²) in [7, 11) is 1.39. The van der Waals surface area contributed by atoms with E-state index in [4.69, 9.17) is 14.2 Å². The standard InChI is InChI=1S/C31H31NO5/c1-35-31(34)26-10-9-22-15-21(7-8-23(22)17-26)24-12-14-30-25(16-24)11-13-29(37-30)19-32-18-27(33)20-36-28-5-3-2-4-6-28/h2-10,12,14-17,27,29,32-33H,11,13,18-20H2,1H3/t27-,29+/m0/s1. The molecule has 0 saturated carbocycles. The number of aliphatic hydroxyl groups is 1. The van der Waals surface area contributed by atoms with E-state index in [0.29, 0.717) is 18.7 Å². The fraction of sp³-hybridized carbons (Fsp3) is 0.258. The molecule has 1 aliphatic heterocycles. The average Bonchev–Trinajstić information content (AvgIpc) is 2.95. The van der Waals surface area contributed by atoms with Crippen LogP contribution in [0.2, 0.25) is 0 Å². The lowest BCUT2D eigenvalue weighted by atomic mass is 9.95. The second-order valence-electron chi connectivity index (χ2n) is 9.31. The van der Waals surface area contributed by atoms with Crippen molar-refractivity contribution in [1.29, 1.82) is 0 Å². The normalized spacial score (nSPS) is 15.5. The molecule has 2 atom stereocenters. The van der Waals surface area contributed by atoms with Gasteiger partial charge in [0, 0.05) is 13.1 Å². The number of rotatable bonds is 9. The molecule has 4 aromatic carbocycles.